The van der Waals surface area contributed by atoms with E-state index in [-0.39, 0.29) is 42.3 Å². The zero-order chi connectivity index (χ0) is 22.3. The number of rotatable bonds is 5. The van der Waals surface area contributed by atoms with E-state index in [1.54, 1.807) is 59.4 Å². The minimum absolute atomic E-state index is 0.201. The second-order valence-electron chi connectivity index (χ2n) is 8.31. The molecule has 2 atom stereocenters. The highest BCUT2D eigenvalue weighted by Gasteiger charge is 2.43. The molecule has 2 bridgehead atoms. The molecule has 10 heteroatoms. The van der Waals surface area contributed by atoms with E-state index >= 15 is 0 Å². The number of hydrogen-bond donors (Lipinski definition) is 2. The third kappa shape index (κ3) is 3.90. The van der Waals surface area contributed by atoms with Gasteiger partial charge >= 0.3 is 0 Å². The second-order valence-corrected chi connectivity index (χ2v) is 10.2. The summed E-state index contributed by atoms with van der Waals surface area (Å²) in [6.07, 6.45) is 4.63. The van der Waals surface area contributed by atoms with E-state index in [1.807, 2.05) is 0 Å². The van der Waals surface area contributed by atoms with Crippen molar-refractivity contribution in [3.63, 3.8) is 0 Å². The number of aliphatic hydroxyl groups excluding tert-OH is 1. The Morgan fingerprint density at radius 2 is 1.84 bits per heavy atom. The summed E-state index contributed by atoms with van der Waals surface area (Å²) in [5, 5.41) is 13.1. The summed E-state index contributed by atoms with van der Waals surface area (Å²) in [7, 11) is -3.66. The van der Waals surface area contributed by atoms with Crippen LogP contribution in [-0.4, -0.2) is 65.5 Å². The van der Waals surface area contributed by atoms with Crippen molar-refractivity contribution in [3.05, 3.63) is 66.1 Å². The van der Waals surface area contributed by atoms with Crippen LogP contribution in [0.2, 0.25) is 0 Å². The average Bonchev–Trinajstić information content (AvgIpc) is 3.25. The minimum atomic E-state index is -3.66. The Morgan fingerprint density at radius 1 is 1.12 bits per heavy atom. The Kier molecular flexibility index (Phi) is 5.46. The summed E-state index contributed by atoms with van der Waals surface area (Å²) in [6, 6.07) is 10.0. The molecule has 0 spiro atoms. The van der Waals surface area contributed by atoms with Gasteiger partial charge in [0.2, 0.25) is 10.0 Å². The summed E-state index contributed by atoms with van der Waals surface area (Å²) in [4.78, 5) is 16.8. The van der Waals surface area contributed by atoms with Crippen molar-refractivity contribution in [3.8, 4) is 0 Å². The molecular formula is C22H24N4O5S. The van der Waals surface area contributed by atoms with Gasteiger partial charge in [0.05, 0.1) is 29.8 Å². The van der Waals surface area contributed by atoms with Crippen LogP contribution in [-0.2, 0) is 21.3 Å². The van der Waals surface area contributed by atoms with Gasteiger partial charge in [-0.2, -0.15) is 4.31 Å². The molecule has 2 aromatic heterocycles. The van der Waals surface area contributed by atoms with E-state index in [9.17, 15) is 18.3 Å². The van der Waals surface area contributed by atoms with Gasteiger partial charge in [-0.25, -0.2) is 13.4 Å². The van der Waals surface area contributed by atoms with Crippen LogP contribution in [0.3, 0.4) is 0 Å². The smallest absolute Gasteiger partial charge is 0.253 e. The second kappa shape index (κ2) is 8.28. The molecule has 1 aromatic carbocycles. The number of carbonyl (C=O) groups is 1. The molecule has 2 N–H and O–H groups in total. The number of pyridine rings is 1. The fourth-order valence-electron chi connectivity index (χ4n) is 4.34. The first-order valence-electron chi connectivity index (χ1n) is 10.5. The van der Waals surface area contributed by atoms with E-state index in [2.05, 4.69) is 10.3 Å². The number of amides is 1. The van der Waals surface area contributed by atoms with Crippen molar-refractivity contribution in [1.82, 2.24) is 19.0 Å². The highest BCUT2D eigenvalue weighted by molar-refractivity contribution is 7.89. The number of nitrogens with zero attached hydrogens (tertiary/aromatic N) is 3. The topological polar surface area (TPSA) is 113 Å². The number of sulfonamides is 1. The van der Waals surface area contributed by atoms with Gasteiger partial charge in [-0.15, -0.1) is 0 Å². The molecule has 2 unspecified atom stereocenters. The fourth-order valence-corrected chi connectivity index (χ4v) is 5.89. The lowest BCUT2D eigenvalue weighted by molar-refractivity contribution is -0.109. The van der Waals surface area contributed by atoms with Gasteiger partial charge in [0.25, 0.3) is 5.91 Å². The van der Waals surface area contributed by atoms with Crippen molar-refractivity contribution in [2.75, 3.05) is 26.3 Å². The first-order chi connectivity index (χ1) is 15.4. The van der Waals surface area contributed by atoms with E-state index in [0.29, 0.717) is 18.8 Å². The minimum Gasteiger partial charge on any atom is -0.392 e. The van der Waals surface area contributed by atoms with Crippen LogP contribution in [0, 0.1) is 11.8 Å². The zero-order valence-corrected chi connectivity index (χ0v) is 18.1. The molecule has 4 heterocycles. The molecule has 0 saturated carbocycles. The predicted octanol–water partition coefficient (Wildman–Crippen LogP) is 0.892. The lowest BCUT2D eigenvalue weighted by Crippen LogP contribution is -2.56. The van der Waals surface area contributed by atoms with Crippen molar-refractivity contribution in [2.45, 2.75) is 17.5 Å². The van der Waals surface area contributed by atoms with Crippen molar-refractivity contribution in [2.24, 2.45) is 11.8 Å². The summed E-state index contributed by atoms with van der Waals surface area (Å²) in [5.41, 5.74) is 2.06. The number of nitrogens with one attached hydrogen (secondary N) is 1. The molecule has 3 aromatic rings. The predicted molar refractivity (Wildman–Crippen MR) is 115 cm³/mol. The molecular weight excluding hydrogens is 432 g/mol. The third-order valence-electron chi connectivity index (χ3n) is 6.17. The van der Waals surface area contributed by atoms with Crippen LogP contribution in [0.15, 0.2) is 59.9 Å². The maximum Gasteiger partial charge on any atom is 0.253 e. The summed E-state index contributed by atoms with van der Waals surface area (Å²) >= 11 is 0. The monoisotopic (exact) mass is 456 g/mol. The highest BCUT2D eigenvalue weighted by atomic mass is 32.2. The van der Waals surface area contributed by atoms with E-state index in [1.165, 1.54) is 4.31 Å². The van der Waals surface area contributed by atoms with Crippen molar-refractivity contribution >= 4 is 21.6 Å². The molecule has 1 amide bonds. The quantitative estimate of drug-likeness (QED) is 0.590. The number of aromatic nitrogens is 2. The third-order valence-corrected chi connectivity index (χ3v) is 8.02. The Hall–Kier alpha value is -2.79. The standard InChI is InChI=1S/C22H24N4O5S/c27-21-17-11-26(12-18(21)14-31-13-17)32(29,30)19-4-1-15(2-5-19)9-24-22(28)16-3-6-20-23-7-8-25(20)10-16/h1-8,10,17-18,21,27H,9,11-14H2,(H,24,28). The zero-order valence-electron chi connectivity index (χ0n) is 17.3. The Labute approximate surface area is 185 Å². The summed E-state index contributed by atoms with van der Waals surface area (Å²) in [5.74, 6) is -0.625. The van der Waals surface area contributed by atoms with Crippen LogP contribution in [0.25, 0.3) is 5.65 Å². The number of aliphatic hydroxyl groups is 1. The maximum atomic E-state index is 13.1. The lowest BCUT2D eigenvalue weighted by atomic mass is 9.86. The molecule has 168 valence electrons. The van der Waals surface area contributed by atoms with Gasteiger partial charge in [-0.3, -0.25) is 4.79 Å². The van der Waals surface area contributed by atoms with Gasteiger partial charge in [0.1, 0.15) is 5.65 Å². The van der Waals surface area contributed by atoms with Crippen LogP contribution in [0.4, 0.5) is 0 Å². The Morgan fingerprint density at radius 3 is 2.56 bits per heavy atom. The molecule has 2 fully saturated rings. The van der Waals surface area contributed by atoms with Crippen molar-refractivity contribution < 1.29 is 23.1 Å². The van der Waals surface area contributed by atoms with E-state index in [0.717, 1.165) is 11.2 Å². The molecule has 32 heavy (non-hydrogen) atoms. The van der Waals surface area contributed by atoms with Crippen LogP contribution >= 0.6 is 0 Å². The molecule has 2 saturated heterocycles. The average molecular weight is 457 g/mol. The Balaban J connectivity index is 1.24. The number of carbonyl (C=O) groups excluding carboxylic acids is 1. The normalized spacial score (nSPS) is 23.8. The Bertz CT molecular complexity index is 1230. The van der Waals surface area contributed by atoms with Crippen LogP contribution < -0.4 is 5.32 Å². The number of piperidine rings is 1. The van der Waals surface area contributed by atoms with E-state index < -0.39 is 16.1 Å². The fraction of sp³-hybridized carbons (Fsp3) is 0.364. The van der Waals surface area contributed by atoms with Crippen LogP contribution in [0.5, 0.6) is 0 Å². The lowest BCUT2D eigenvalue weighted by Gasteiger charge is -2.43. The molecule has 2 aliphatic rings. The molecule has 9 nitrogen and oxygen atoms in total. The number of benzene rings is 1. The van der Waals surface area contributed by atoms with Gasteiger partial charge in [-0.1, -0.05) is 12.1 Å². The summed E-state index contributed by atoms with van der Waals surface area (Å²) in [6.45, 7) is 1.52. The number of imidazole rings is 1. The number of fused-ring (bicyclic) bond motifs is 3. The molecule has 2 aliphatic heterocycles. The molecule has 0 aliphatic carbocycles. The van der Waals surface area contributed by atoms with Crippen molar-refractivity contribution in [1.29, 1.82) is 0 Å². The largest absolute Gasteiger partial charge is 0.392 e. The molecule has 0 radical (unpaired) electrons. The molecule has 5 rings (SSSR count). The number of hydrogen-bond acceptors (Lipinski definition) is 6. The maximum absolute atomic E-state index is 13.1. The summed E-state index contributed by atoms with van der Waals surface area (Å²) < 4.78 is 34.9. The van der Waals surface area contributed by atoms with Gasteiger partial charge in [0.15, 0.2) is 0 Å². The highest BCUT2D eigenvalue weighted by Crippen LogP contribution is 2.31. The van der Waals surface area contributed by atoms with E-state index in [4.69, 9.17) is 4.74 Å². The first kappa shape index (κ1) is 21.1. The first-order valence-corrected chi connectivity index (χ1v) is 11.9. The number of ether oxygens (including phenoxy) is 1. The van der Waals surface area contributed by atoms with Gasteiger partial charge < -0.3 is 19.6 Å². The van der Waals surface area contributed by atoms with Gasteiger partial charge in [-0.05, 0) is 29.8 Å². The SMILES string of the molecule is O=C(NCc1ccc(S(=O)(=O)N2CC3COCC(C2)C3O)cc1)c1ccc2nccn2c1. The van der Waals surface area contributed by atoms with Crippen LogP contribution in [0.1, 0.15) is 15.9 Å². The van der Waals surface area contributed by atoms with Gasteiger partial charge in [0, 0.05) is 50.1 Å².